The van der Waals surface area contributed by atoms with Gasteiger partial charge < -0.3 is 9.83 Å². The van der Waals surface area contributed by atoms with Gasteiger partial charge in [0.05, 0.1) is 16.7 Å². The average molecular weight is 339 g/mol. The van der Waals surface area contributed by atoms with E-state index in [1.165, 1.54) is 22.0 Å². The molecule has 5 atom stereocenters. The quantitative estimate of drug-likeness (QED) is 0.394. The highest BCUT2D eigenvalue weighted by molar-refractivity contribution is 6.21. The Labute approximate surface area is 148 Å². The second-order valence-electron chi connectivity index (χ2n) is 8.17. The number of H-pyrrole nitrogens is 1. The van der Waals surface area contributed by atoms with Crippen LogP contribution in [-0.2, 0) is 5.41 Å². The van der Waals surface area contributed by atoms with Crippen LogP contribution in [-0.4, -0.2) is 16.4 Å². The molecule has 0 aliphatic heterocycles. The summed E-state index contributed by atoms with van der Waals surface area (Å²) in [5.41, 5.74) is 3.48. The van der Waals surface area contributed by atoms with Gasteiger partial charge in [0.25, 0.3) is 0 Å². The molecule has 1 aromatic heterocycles. The van der Waals surface area contributed by atoms with E-state index in [2.05, 4.69) is 61.6 Å². The average Bonchev–Trinajstić information content (AvgIpc) is 2.99. The number of aromatic nitrogens is 1. The molecule has 4 rings (SSSR count). The third kappa shape index (κ3) is 1.72. The van der Waals surface area contributed by atoms with E-state index >= 15 is 0 Å². The third-order valence-electron chi connectivity index (χ3n) is 6.84. The van der Waals surface area contributed by atoms with Crippen molar-refractivity contribution in [2.45, 2.75) is 49.9 Å². The molecule has 2 nitrogen and oxygen atoms in total. The Hall–Kier alpha value is -1.72. The minimum absolute atomic E-state index is 0.00203. The maximum atomic E-state index is 7.94. The molecular formula is C21H23ClN2. The molecular weight excluding hydrogens is 316 g/mol. The van der Waals surface area contributed by atoms with Crippen LogP contribution in [0.15, 0.2) is 37.1 Å². The van der Waals surface area contributed by atoms with Crippen molar-refractivity contribution in [1.29, 1.82) is 0 Å². The molecule has 1 fully saturated rings. The molecule has 1 heterocycles. The zero-order valence-electron chi connectivity index (χ0n) is 14.4. The zero-order valence-corrected chi connectivity index (χ0v) is 15.2. The molecule has 1 N–H and O–H groups in total. The highest BCUT2D eigenvalue weighted by atomic mass is 35.5. The molecule has 1 saturated carbocycles. The summed E-state index contributed by atoms with van der Waals surface area (Å²) in [6, 6.07) is 6.32. The number of nitrogens with one attached hydrogen (secondary N) is 1. The van der Waals surface area contributed by atoms with Crippen molar-refractivity contribution in [1.82, 2.24) is 4.98 Å². The van der Waals surface area contributed by atoms with Gasteiger partial charge in [0.15, 0.2) is 0 Å². The van der Waals surface area contributed by atoms with Crippen molar-refractivity contribution < 1.29 is 0 Å². The first-order valence-electron chi connectivity index (χ1n) is 8.61. The first-order chi connectivity index (χ1) is 11.4. The van der Waals surface area contributed by atoms with E-state index in [9.17, 15) is 0 Å². The number of hydrogen-bond acceptors (Lipinski definition) is 0. The molecule has 1 aromatic carbocycles. The summed E-state index contributed by atoms with van der Waals surface area (Å²) in [5, 5.41) is 1.26. The molecule has 3 heteroatoms. The van der Waals surface area contributed by atoms with Crippen LogP contribution in [0, 0.1) is 17.9 Å². The van der Waals surface area contributed by atoms with Crippen molar-refractivity contribution in [2.24, 2.45) is 11.3 Å². The summed E-state index contributed by atoms with van der Waals surface area (Å²) in [7, 11) is 0. The van der Waals surface area contributed by atoms with Crippen LogP contribution >= 0.6 is 11.6 Å². The lowest BCUT2D eigenvalue weighted by Gasteiger charge is -2.52. The van der Waals surface area contributed by atoms with Gasteiger partial charge in [-0.15, -0.1) is 18.2 Å². The largest absolute Gasteiger partial charge is 0.361 e. The first-order valence-corrected chi connectivity index (χ1v) is 9.04. The highest BCUT2D eigenvalue weighted by Crippen LogP contribution is 2.60. The Morgan fingerprint density at radius 1 is 1.38 bits per heavy atom. The molecule has 24 heavy (non-hydrogen) atoms. The van der Waals surface area contributed by atoms with Crippen LogP contribution in [0.5, 0.6) is 0 Å². The minimum Gasteiger partial charge on any atom is -0.361 e. The fourth-order valence-corrected chi connectivity index (χ4v) is 5.64. The second kappa shape index (κ2) is 4.90. The van der Waals surface area contributed by atoms with Crippen molar-refractivity contribution in [3.8, 4) is 0 Å². The zero-order chi connectivity index (χ0) is 17.3. The lowest BCUT2D eigenvalue weighted by molar-refractivity contribution is 0.124. The van der Waals surface area contributed by atoms with Crippen molar-refractivity contribution in [2.75, 3.05) is 0 Å². The molecule has 0 radical (unpaired) electrons. The van der Waals surface area contributed by atoms with Gasteiger partial charge in [-0.05, 0) is 41.9 Å². The molecule has 2 aliphatic rings. The normalized spacial score (nSPS) is 36.8. The monoisotopic (exact) mass is 338 g/mol. The number of hydrogen-bond donors (Lipinski definition) is 1. The van der Waals surface area contributed by atoms with E-state index in [0.29, 0.717) is 5.92 Å². The lowest BCUT2D eigenvalue weighted by Crippen LogP contribution is -2.54. The molecule has 0 bridgehead atoms. The summed E-state index contributed by atoms with van der Waals surface area (Å²) in [5.74, 6) is 0.556. The van der Waals surface area contributed by atoms with Crippen LogP contribution in [0.4, 0.5) is 0 Å². The van der Waals surface area contributed by atoms with E-state index < -0.39 is 0 Å². The summed E-state index contributed by atoms with van der Waals surface area (Å²) in [6.07, 6.45) is 4.95. The van der Waals surface area contributed by atoms with Gasteiger partial charge in [0, 0.05) is 17.1 Å². The van der Waals surface area contributed by atoms with Crippen LogP contribution < -0.4 is 0 Å². The molecule has 0 unspecified atom stereocenters. The number of alkyl halides is 1. The third-order valence-corrected chi connectivity index (χ3v) is 7.49. The Balaban J connectivity index is 2.03. The van der Waals surface area contributed by atoms with E-state index in [0.717, 1.165) is 6.42 Å². The Morgan fingerprint density at radius 2 is 2.12 bits per heavy atom. The fourth-order valence-electron chi connectivity index (χ4n) is 5.22. The van der Waals surface area contributed by atoms with E-state index in [1.54, 1.807) is 0 Å². The van der Waals surface area contributed by atoms with Gasteiger partial charge in [0.1, 0.15) is 0 Å². The van der Waals surface area contributed by atoms with Gasteiger partial charge in [-0.3, -0.25) is 0 Å². The van der Waals surface area contributed by atoms with Crippen molar-refractivity contribution in [3.63, 3.8) is 0 Å². The number of nitrogens with zero attached hydrogens (tertiary/aromatic N) is 1. The van der Waals surface area contributed by atoms with Crippen molar-refractivity contribution >= 4 is 22.5 Å². The van der Waals surface area contributed by atoms with Crippen LogP contribution in [0.1, 0.15) is 44.2 Å². The number of rotatable bonds is 1. The molecule has 2 aromatic rings. The van der Waals surface area contributed by atoms with Gasteiger partial charge in [-0.1, -0.05) is 32.1 Å². The number of benzene rings is 1. The molecule has 0 saturated heterocycles. The van der Waals surface area contributed by atoms with Gasteiger partial charge in [-0.25, -0.2) is 6.57 Å². The van der Waals surface area contributed by atoms with Crippen molar-refractivity contribution in [3.05, 3.63) is 59.6 Å². The maximum Gasteiger partial charge on any atom is 0.240 e. The van der Waals surface area contributed by atoms with Crippen LogP contribution in [0.3, 0.4) is 0 Å². The van der Waals surface area contributed by atoms with E-state index in [-0.39, 0.29) is 28.2 Å². The second-order valence-corrected chi connectivity index (χ2v) is 8.70. The fraction of sp³-hybridized carbons (Fsp3) is 0.476. The van der Waals surface area contributed by atoms with Gasteiger partial charge in [0.2, 0.25) is 6.04 Å². The van der Waals surface area contributed by atoms with E-state index in [1.807, 2.05) is 6.08 Å². The SMILES string of the molecule is [C-]#[N+][C@@H]1[C@@H]2c3c[nH]c4cccc(c34)C(C)(C)[C@H]2C[C@@H](Cl)[C@@]1(C)C=C. The molecule has 2 aliphatic carbocycles. The van der Waals surface area contributed by atoms with E-state index in [4.69, 9.17) is 18.2 Å². The Bertz CT molecular complexity index is 872. The summed E-state index contributed by atoms with van der Waals surface area (Å²) in [6.45, 7) is 18.7. The number of aromatic amines is 1. The summed E-state index contributed by atoms with van der Waals surface area (Å²) in [4.78, 5) is 7.52. The van der Waals surface area contributed by atoms with Gasteiger partial charge in [-0.2, -0.15) is 0 Å². The Morgan fingerprint density at radius 3 is 2.79 bits per heavy atom. The lowest BCUT2D eigenvalue weighted by atomic mass is 9.51. The summed E-state index contributed by atoms with van der Waals surface area (Å²) >= 11 is 6.83. The standard InChI is InChI=1S/C21H23ClN2/c1-6-21(4)16(22)10-14-18(19(21)23-5)12-11-24-15-9-7-8-13(17(12)15)20(14,2)3/h6-9,11,14,16,18-19,24H,1,10H2,2-4H3/t14-,16+,18+,19+,21+/m0/s1. The predicted octanol–water partition coefficient (Wildman–Crippen LogP) is 5.65. The molecule has 0 spiro atoms. The first kappa shape index (κ1) is 15.8. The van der Waals surface area contributed by atoms with Crippen LogP contribution in [0.25, 0.3) is 15.7 Å². The maximum absolute atomic E-state index is 7.94. The van der Waals surface area contributed by atoms with Crippen LogP contribution in [0.2, 0.25) is 0 Å². The molecule has 124 valence electrons. The summed E-state index contributed by atoms with van der Waals surface area (Å²) < 4.78 is 0. The van der Waals surface area contributed by atoms with Gasteiger partial charge >= 0.3 is 0 Å². The Kier molecular flexibility index (Phi) is 3.22. The number of halogens is 1. The topological polar surface area (TPSA) is 20.1 Å². The molecule has 0 amide bonds. The highest BCUT2D eigenvalue weighted by Gasteiger charge is 2.60. The minimum atomic E-state index is -0.365. The number of fused-ring (bicyclic) bond motifs is 2. The smallest absolute Gasteiger partial charge is 0.240 e. The predicted molar refractivity (Wildman–Crippen MR) is 101 cm³/mol.